The molecule has 0 saturated carbocycles. The van der Waals surface area contributed by atoms with Gasteiger partial charge in [0.15, 0.2) is 0 Å². The number of pyridine rings is 2. The zero-order chi connectivity index (χ0) is 23.7. The Balaban J connectivity index is 0.000000233. The predicted octanol–water partition coefficient (Wildman–Crippen LogP) is 7.19. The maximum absolute atomic E-state index is 4.43. The lowest BCUT2D eigenvalue weighted by molar-refractivity contribution is 0.665. The van der Waals surface area contributed by atoms with Gasteiger partial charge in [0.25, 0.3) is 0 Å². The van der Waals surface area contributed by atoms with Gasteiger partial charge >= 0.3 is 0 Å². The molecule has 0 unspecified atom stereocenters. The maximum Gasteiger partial charge on any atom is 0.0596 e. The van der Waals surface area contributed by atoms with Gasteiger partial charge in [-0.3, -0.25) is 14.6 Å². The van der Waals surface area contributed by atoms with Gasteiger partial charge in [-0.2, -0.15) is 5.10 Å². The summed E-state index contributed by atoms with van der Waals surface area (Å²) in [7, 11) is 1.99. The molecular formula is C27H42N4. The Hall–Kier alpha value is -2.49. The number of nitrogens with zero attached hydrogens (tertiary/aromatic N) is 4. The van der Waals surface area contributed by atoms with Crippen LogP contribution in [0, 0.1) is 27.7 Å². The number of aryl methyl sites for hydroxylation is 5. The molecule has 0 aliphatic rings. The molecule has 0 aliphatic carbocycles. The third kappa shape index (κ3) is 9.46. The molecule has 0 fully saturated rings. The Bertz CT molecular complexity index is 916. The molecule has 0 saturated heterocycles. The summed E-state index contributed by atoms with van der Waals surface area (Å²) in [5, 5.41) is 4.25. The molecule has 0 amide bonds. The van der Waals surface area contributed by atoms with Crippen molar-refractivity contribution in [1.82, 2.24) is 19.7 Å². The third-order valence-electron chi connectivity index (χ3n) is 4.87. The molecule has 0 aromatic carbocycles. The van der Waals surface area contributed by atoms with Crippen LogP contribution in [0.1, 0.15) is 98.9 Å². The molecule has 0 spiro atoms. The largest absolute Gasteiger partial charge is 0.272 e. The average molecular weight is 423 g/mol. The number of hydrogen-bond acceptors (Lipinski definition) is 3. The summed E-state index contributed by atoms with van der Waals surface area (Å²) in [6.45, 7) is 21.3. The van der Waals surface area contributed by atoms with Crippen molar-refractivity contribution in [2.75, 3.05) is 0 Å². The van der Waals surface area contributed by atoms with Crippen LogP contribution >= 0.6 is 0 Å². The molecule has 0 atom stereocenters. The lowest BCUT2D eigenvalue weighted by Gasteiger charge is -2.06. The first-order valence-corrected chi connectivity index (χ1v) is 11.3. The summed E-state index contributed by atoms with van der Waals surface area (Å²) in [5.74, 6) is 1.65. The van der Waals surface area contributed by atoms with Crippen LogP contribution in [-0.4, -0.2) is 19.7 Å². The molecule has 0 radical (unpaired) electrons. The minimum Gasteiger partial charge on any atom is -0.272 e. The summed E-state index contributed by atoms with van der Waals surface area (Å²) in [6.07, 6.45) is 1.87. The highest BCUT2D eigenvalue weighted by Crippen LogP contribution is 2.14. The molecule has 0 aliphatic heterocycles. The summed E-state index contributed by atoms with van der Waals surface area (Å²) in [5.41, 5.74) is 8.50. The smallest absolute Gasteiger partial charge is 0.0596 e. The van der Waals surface area contributed by atoms with Crippen molar-refractivity contribution < 1.29 is 0 Å². The maximum atomic E-state index is 4.43. The quantitative estimate of drug-likeness (QED) is 0.449. The first-order chi connectivity index (χ1) is 14.4. The molecule has 4 nitrogen and oxygen atoms in total. The van der Waals surface area contributed by atoms with Crippen LogP contribution in [0.2, 0.25) is 0 Å². The van der Waals surface area contributed by atoms with E-state index in [1.165, 1.54) is 28.2 Å². The van der Waals surface area contributed by atoms with Gasteiger partial charge in [0.05, 0.1) is 5.69 Å². The third-order valence-corrected chi connectivity index (χ3v) is 4.87. The fraction of sp³-hybridized carbons (Fsp3) is 0.519. The Morgan fingerprint density at radius 2 is 1.26 bits per heavy atom. The molecule has 170 valence electrons. The summed E-state index contributed by atoms with van der Waals surface area (Å²) < 4.78 is 1.94. The standard InChI is InChI=1S/C10H15N.C9H13N.C8H14N2/c1-7(2)10-6-8(3)5-9(4)11-10;1-7(2)9-6-8(3)4-5-10-9;1-6(2)8-5-7(3)9-10(8)4/h5-7H,1-4H3;4-7H,1-3H3;5-6H,1-4H3. The van der Waals surface area contributed by atoms with Gasteiger partial charge in [0.2, 0.25) is 0 Å². The fourth-order valence-corrected chi connectivity index (χ4v) is 3.21. The predicted molar refractivity (Wildman–Crippen MR) is 133 cm³/mol. The van der Waals surface area contributed by atoms with Gasteiger partial charge < -0.3 is 0 Å². The van der Waals surface area contributed by atoms with Crippen molar-refractivity contribution in [2.24, 2.45) is 7.05 Å². The zero-order valence-corrected chi connectivity index (χ0v) is 21.5. The van der Waals surface area contributed by atoms with Crippen LogP contribution in [-0.2, 0) is 7.05 Å². The van der Waals surface area contributed by atoms with Gasteiger partial charge in [0, 0.05) is 36.0 Å². The lowest BCUT2D eigenvalue weighted by atomic mass is 10.1. The van der Waals surface area contributed by atoms with E-state index in [0.717, 1.165) is 11.4 Å². The van der Waals surface area contributed by atoms with Crippen LogP contribution < -0.4 is 0 Å². The van der Waals surface area contributed by atoms with Crippen molar-refractivity contribution in [2.45, 2.75) is 87.0 Å². The van der Waals surface area contributed by atoms with Gasteiger partial charge in [-0.05, 0) is 86.9 Å². The van der Waals surface area contributed by atoms with E-state index in [4.69, 9.17) is 0 Å². The summed E-state index contributed by atoms with van der Waals surface area (Å²) in [4.78, 5) is 8.67. The van der Waals surface area contributed by atoms with E-state index in [2.05, 4.69) is 94.7 Å². The number of aromatic nitrogens is 4. The van der Waals surface area contributed by atoms with Crippen molar-refractivity contribution in [3.05, 3.63) is 76.1 Å². The summed E-state index contributed by atoms with van der Waals surface area (Å²) >= 11 is 0. The van der Waals surface area contributed by atoms with Gasteiger partial charge in [-0.1, -0.05) is 41.5 Å². The highest BCUT2D eigenvalue weighted by molar-refractivity contribution is 5.21. The minimum atomic E-state index is 0.536. The average Bonchev–Trinajstić information content (AvgIpc) is 3.00. The second kappa shape index (κ2) is 12.4. The summed E-state index contributed by atoms with van der Waals surface area (Å²) in [6, 6.07) is 10.5. The van der Waals surface area contributed by atoms with E-state index in [0.29, 0.717) is 17.8 Å². The van der Waals surface area contributed by atoms with Crippen molar-refractivity contribution in [1.29, 1.82) is 0 Å². The second-order valence-corrected chi connectivity index (χ2v) is 9.27. The Morgan fingerprint density at radius 3 is 1.61 bits per heavy atom. The lowest BCUT2D eigenvalue weighted by Crippen LogP contribution is -1.99. The van der Waals surface area contributed by atoms with Gasteiger partial charge in [0.1, 0.15) is 0 Å². The van der Waals surface area contributed by atoms with Crippen LogP contribution in [0.4, 0.5) is 0 Å². The van der Waals surface area contributed by atoms with Crippen molar-refractivity contribution in [3.8, 4) is 0 Å². The van der Waals surface area contributed by atoms with Crippen molar-refractivity contribution >= 4 is 0 Å². The van der Waals surface area contributed by atoms with E-state index < -0.39 is 0 Å². The van der Waals surface area contributed by atoms with Crippen LogP contribution in [0.25, 0.3) is 0 Å². The molecule has 31 heavy (non-hydrogen) atoms. The normalized spacial score (nSPS) is 10.6. The van der Waals surface area contributed by atoms with Gasteiger partial charge in [-0.15, -0.1) is 0 Å². The molecule has 0 N–H and O–H groups in total. The molecular weight excluding hydrogens is 380 g/mol. The molecule has 3 aromatic heterocycles. The molecule has 0 bridgehead atoms. The van der Waals surface area contributed by atoms with Crippen molar-refractivity contribution in [3.63, 3.8) is 0 Å². The number of hydrogen-bond donors (Lipinski definition) is 0. The first-order valence-electron chi connectivity index (χ1n) is 11.3. The topological polar surface area (TPSA) is 43.6 Å². The molecule has 3 rings (SSSR count). The van der Waals surface area contributed by atoms with E-state index in [9.17, 15) is 0 Å². The second-order valence-electron chi connectivity index (χ2n) is 9.27. The zero-order valence-electron chi connectivity index (χ0n) is 21.5. The number of rotatable bonds is 3. The highest BCUT2D eigenvalue weighted by atomic mass is 15.3. The van der Waals surface area contributed by atoms with Crippen LogP contribution in [0.5, 0.6) is 0 Å². The SMILES string of the molecule is Cc1cc(C(C)C)n(C)n1.Cc1cc(C)nc(C(C)C)c1.Cc1ccnc(C(C)C)c1. The highest BCUT2D eigenvalue weighted by Gasteiger charge is 2.04. The minimum absolute atomic E-state index is 0.536. The monoisotopic (exact) mass is 422 g/mol. The Morgan fingerprint density at radius 1 is 0.677 bits per heavy atom. The van der Waals surface area contributed by atoms with E-state index >= 15 is 0 Å². The van der Waals surface area contributed by atoms with E-state index in [1.807, 2.05) is 37.8 Å². The molecule has 3 aromatic rings. The van der Waals surface area contributed by atoms with Crippen LogP contribution in [0.15, 0.2) is 36.5 Å². The van der Waals surface area contributed by atoms with Gasteiger partial charge in [-0.25, -0.2) is 0 Å². The molecule has 3 heterocycles. The fourth-order valence-electron chi connectivity index (χ4n) is 3.21. The van der Waals surface area contributed by atoms with E-state index in [-0.39, 0.29) is 0 Å². The van der Waals surface area contributed by atoms with Crippen LogP contribution in [0.3, 0.4) is 0 Å². The van der Waals surface area contributed by atoms with E-state index in [1.54, 1.807) is 0 Å². The first kappa shape index (κ1) is 26.5. The Labute approximate surface area is 190 Å². The Kier molecular flexibility index (Phi) is 10.6. The molecule has 4 heteroatoms.